The lowest BCUT2D eigenvalue weighted by Gasteiger charge is -2.16. The first-order valence-electron chi connectivity index (χ1n) is 5.02. The van der Waals surface area contributed by atoms with Crippen LogP contribution < -0.4 is 5.73 Å². The first-order valence-corrected chi connectivity index (χ1v) is 5.02. The summed E-state index contributed by atoms with van der Waals surface area (Å²) >= 11 is 0. The molecule has 0 spiro atoms. The summed E-state index contributed by atoms with van der Waals surface area (Å²) in [5, 5.41) is 0. The summed E-state index contributed by atoms with van der Waals surface area (Å²) in [5.41, 5.74) is 4.97. The zero-order valence-corrected chi connectivity index (χ0v) is 9.02. The van der Waals surface area contributed by atoms with Crippen LogP contribution in [0.15, 0.2) is 12.7 Å². The van der Waals surface area contributed by atoms with E-state index >= 15 is 0 Å². The maximum atomic E-state index is 10.6. The molecule has 5 nitrogen and oxygen atoms in total. The first kappa shape index (κ1) is 12.0. The SMILES string of the molecule is C=CCOCC(CN1CC1C)OC(N)=O. The lowest BCUT2D eigenvalue weighted by molar-refractivity contribution is 0.0255. The van der Waals surface area contributed by atoms with Gasteiger partial charge in [0.05, 0.1) is 13.2 Å². The topological polar surface area (TPSA) is 64.6 Å². The van der Waals surface area contributed by atoms with Gasteiger partial charge >= 0.3 is 6.09 Å². The Kier molecular flexibility index (Phi) is 4.58. The quantitative estimate of drug-likeness (QED) is 0.377. The molecule has 3 unspecified atom stereocenters. The molecule has 0 aliphatic carbocycles. The Labute approximate surface area is 89.8 Å². The zero-order valence-electron chi connectivity index (χ0n) is 9.02. The van der Waals surface area contributed by atoms with Crippen molar-refractivity contribution in [2.24, 2.45) is 5.73 Å². The van der Waals surface area contributed by atoms with Gasteiger partial charge in [0.25, 0.3) is 0 Å². The minimum absolute atomic E-state index is 0.285. The molecule has 0 radical (unpaired) electrons. The van der Waals surface area contributed by atoms with E-state index in [1.165, 1.54) is 0 Å². The Hall–Kier alpha value is -1.07. The largest absolute Gasteiger partial charge is 0.443 e. The predicted molar refractivity (Wildman–Crippen MR) is 56.5 cm³/mol. The Balaban J connectivity index is 2.24. The minimum Gasteiger partial charge on any atom is -0.443 e. The maximum Gasteiger partial charge on any atom is 0.404 e. The monoisotopic (exact) mass is 214 g/mol. The van der Waals surface area contributed by atoms with Crippen LogP contribution in [-0.4, -0.2) is 49.4 Å². The summed E-state index contributed by atoms with van der Waals surface area (Å²) in [6, 6.07) is 0.573. The fraction of sp³-hybridized carbons (Fsp3) is 0.700. The summed E-state index contributed by atoms with van der Waals surface area (Å²) in [6.07, 6.45) is 0.616. The Morgan fingerprint density at radius 2 is 2.47 bits per heavy atom. The van der Waals surface area contributed by atoms with Gasteiger partial charge in [0.2, 0.25) is 0 Å². The van der Waals surface area contributed by atoms with Gasteiger partial charge in [0.1, 0.15) is 6.10 Å². The number of hydrogen-bond acceptors (Lipinski definition) is 4. The Morgan fingerprint density at radius 3 is 2.93 bits per heavy atom. The normalized spacial score (nSPS) is 25.7. The van der Waals surface area contributed by atoms with Gasteiger partial charge in [0.15, 0.2) is 0 Å². The summed E-state index contributed by atoms with van der Waals surface area (Å²) in [5.74, 6) is 0. The molecule has 5 heteroatoms. The molecular weight excluding hydrogens is 196 g/mol. The standard InChI is InChI=1S/C10H18N2O3/c1-3-4-14-7-9(15-10(11)13)6-12-5-8(12)2/h3,8-9H,1,4-7H2,2H3,(H2,11,13). The van der Waals surface area contributed by atoms with Crippen LogP contribution in [0.1, 0.15) is 6.92 Å². The number of rotatable bonds is 7. The van der Waals surface area contributed by atoms with Gasteiger partial charge in [-0.15, -0.1) is 6.58 Å². The van der Waals surface area contributed by atoms with Crippen molar-refractivity contribution in [3.63, 3.8) is 0 Å². The summed E-state index contributed by atoms with van der Waals surface area (Å²) in [6.45, 7) is 8.19. The molecule has 0 aromatic rings. The second kappa shape index (κ2) is 5.72. The van der Waals surface area contributed by atoms with Crippen LogP contribution >= 0.6 is 0 Å². The average molecular weight is 214 g/mol. The molecule has 86 valence electrons. The van der Waals surface area contributed by atoms with Crippen LogP contribution in [-0.2, 0) is 9.47 Å². The maximum absolute atomic E-state index is 10.6. The lowest BCUT2D eigenvalue weighted by Crippen LogP contribution is -2.33. The molecule has 1 aliphatic rings. The van der Waals surface area contributed by atoms with Crippen molar-refractivity contribution in [1.82, 2.24) is 4.90 Å². The van der Waals surface area contributed by atoms with E-state index in [9.17, 15) is 4.79 Å². The van der Waals surface area contributed by atoms with E-state index in [-0.39, 0.29) is 6.10 Å². The number of ether oxygens (including phenoxy) is 2. The van der Waals surface area contributed by atoms with Crippen molar-refractivity contribution >= 4 is 6.09 Å². The van der Waals surface area contributed by atoms with Crippen LogP contribution in [0.5, 0.6) is 0 Å². The molecule has 0 bridgehead atoms. The van der Waals surface area contributed by atoms with E-state index in [0.717, 1.165) is 6.54 Å². The molecular formula is C10H18N2O3. The minimum atomic E-state index is -0.753. The fourth-order valence-corrected chi connectivity index (χ4v) is 1.38. The molecule has 15 heavy (non-hydrogen) atoms. The molecule has 1 fully saturated rings. The van der Waals surface area contributed by atoms with E-state index in [2.05, 4.69) is 18.4 Å². The van der Waals surface area contributed by atoms with E-state index in [1.54, 1.807) is 6.08 Å². The molecule has 1 amide bonds. The molecule has 0 aromatic heterocycles. The van der Waals surface area contributed by atoms with Gasteiger partial charge in [-0.2, -0.15) is 0 Å². The third-order valence-electron chi connectivity index (χ3n) is 2.25. The summed E-state index contributed by atoms with van der Waals surface area (Å²) < 4.78 is 10.2. The second-order valence-corrected chi connectivity index (χ2v) is 3.69. The molecule has 2 N–H and O–H groups in total. The van der Waals surface area contributed by atoms with E-state index in [0.29, 0.717) is 25.8 Å². The Bertz CT molecular complexity index is 233. The van der Waals surface area contributed by atoms with E-state index in [1.807, 2.05) is 0 Å². The number of hydrogen-bond donors (Lipinski definition) is 1. The molecule has 1 saturated heterocycles. The van der Waals surface area contributed by atoms with Crippen molar-refractivity contribution < 1.29 is 14.3 Å². The number of carbonyl (C=O) groups is 1. The van der Waals surface area contributed by atoms with Crippen molar-refractivity contribution in [2.75, 3.05) is 26.3 Å². The van der Waals surface area contributed by atoms with E-state index < -0.39 is 6.09 Å². The Morgan fingerprint density at radius 1 is 1.80 bits per heavy atom. The average Bonchev–Trinajstić information content (AvgIpc) is 2.81. The highest BCUT2D eigenvalue weighted by Gasteiger charge is 2.32. The van der Waals surface area contributed by atoms with Gasteiger partial charge in [-0.25, -0.2) is 4.79 Å². The van der Waals surface area contributed by atoms with Crippen molar-refractivity contribution in [2.45, 2.75) is 19.1 Å². The zero-order chi connectivity index (χ0) is 11.3. The van der Waals surface area contributed by atoms with Crippen molar-refractivity contribution in [3.05, 3.63) is 12.7 Å². The third kappa shape index (κ3) is 4.80. The lowest BCUT2D eigenvalue weighted by atomic mass is 10.3. The van der Waals surface area contributed by atoms with Crippen LogP contribution in [0.3, 0.4) is 0 Å². The highest BCUT2D eigenvalue weighted by molar-refractivity contribution is 5.64. The van der Waals surface area contributed by atoms with Gasteiger partial charge in [-0.3, -0.25) is 4.90 Å². The summed E-state index contributed by atoms with van der Waals surface area (Å²) in [4.78, 5) is 12.8. The molecule has 0 aromatic carbocycles. The highest BCUT2D eigenvalue weighted by Crippen LogP contribution is 2.16. The van der Waals surface area contributed by atoms with Crippen molar-refractivity contribution in [1.29, 1.82) is 0 Å². The van der Waals surface area contributed by atoms with Crippen LogP contribution in [0, 0.1) is 0 Å². The van der Waals surface area contributed by atoms with Gasteiger partial charge < -0.3 is 15.2 Å². The van der Waals surface area contributed by atoms with Crippen molar-refractivity contribution in [3.8, 4) is 0 Å². The van der Waals surface area contributed by atoms with Gasteiger partial charge in [0, 0.05) is 19.1 Å². The number of primary amides is 1. The number of nitrogens with two attached hydrogens (primary N) is 1. The predicted octanol–water partition coefficient (Wildman–Crippen LogP) is 0.357. The third-order valence-corrected chi connectivity index (χ3v) is 2.25. The van der Waals surface area contributed by atoms with Crippen LogP contribution in [0.25, 0.3) is 0 Å². The van der Waals surface area contributed by atoms with Gasteiger partial charge in [-0.1, -0.05) is 6.08 Å². The smallest absolute Gasteiger partial charge is 0.404 e. The summed E-state index contributed by atoms with van der Waals surface area (Å²) in [7, 11) is 0. The second-order valence-electron chi connectivity index (χ2n) is 3.69. The number of nitrogens with zero attached hydrogens (tertiary/aromatic N) is 1. The number of amides is 1. The van der Waals surface area contributed by atoms with Crippen LogP contribution in [0.4, 0.5) is 4.79 Å². The molecule has 1 aliphatic heterocycles. The highest BCUT2D eigenvalue weighted by atomic mass is 16.6. The van der Waals surface area contributed by atoms with E-state index in [4.69, 9.17) is 15.2 Å². The molecule has 1 rings (SSSR count). The molecule has 0 saturated carbocycles. The van der Waals surface area contributed by atoms with Crippen LogP contribution in [0.2, 0.25) is 0 Å². The fourth-order valence-electron chi connectivity index (χ4n) is 1.38. The molecule has 1 heterocycles. The molecule has 3 atom stereocenters. The van der Waals surface area contributed by atoms with Gasteiger partial charge in [-0.05, 0) is 6.92 Å². The first-order chi connectivity index (χ1) is 7.13. The number of carbonyl (C=O) groups excluding carboxylic acids is 1.